The molecule has 1 aromatic heterocycles. The summed E-state index contributed by atoms with van der Waals surface area (Å²) in [4.78, 5) is 7.72. The van der Waals surface area contributed by atoms with Crippen molar-refractivity contribution in [2.24, 2.45) is 0 Å². The summed E-state index contributed by atoms with van der Waals surface area (Å²) in [5.41, 5.74) is 3.84. The molecule has 1 N–H and O–H groups in total. The van der Waals surface area contributed by atoms with Crippen molar-refractivity contribution in [3.05, 3.63) is 63.3 Å². The molecule has 0 amide bonds. The lowest BCUT2D eigenvalue weighted by Crippen LogP contribution is -1.83. The lowest BCUT2D eigenvalue weighted by molar-refractivity contribution is 1.24. The smallest absolute Gasteiger partial charge is 0.175 e. The summed E-state index contributed by atoms with van der Waals surface area (Å²) in [5, 5.41) is 1.41. The quantitative estimate of drug-likeness (QED) is 0.607. The van der Waals surface area contributed by atoms with Crippen LogP contribution in [0.4, 0.5) is 0 Å². The lowest BCUT2D eigenvalue weighted by Gasteiger charge is -2.03. The van der Waals surface area contributed by atoms with E-state index in [1.165, 1.54) is 0 Å². The maximum Gasteiger partial charge on any atom is 0.175 e. The molecule has 0 aliphatic heterocycles. The van der Waals surface area contributed by atoms with Crippen LogP contribution in [-0.4, -0.2) is 9.97 Å². The van der Waals surface area contributed by atoms with Crippen molar-refractivity contribution >= 4 is 39.1 Å². The van der Waals surface area contributed by atoms with Crippen molar-refractivity contribution in [3.63, 3.8) is 0 Å². The van der Waals surface area contributed by atoms with Crippen molar-refractivity contribution in [1.82, 2.24) is 9.97 Å². The van der Waals surface area contributed by atoms with Gasteiger partial charge in [0.1, 0.15) is 0 Å². The number of imidazole rings is 1. The minimum Gasteiger partial charge on any atom is -0.332 e. The topological polar surface area (TPSA) is 28.7 Å². The van der Waals surface area contributed by atoms with Gasteiger partial charge >= 0.3 is 0 Å². The SMILES string of the molecule is Clc1ccc(-c2nc(Br)[nH]c2-c2ccc(Cl)cc2)cc1. The normalized spacial score (nSPS) is 10.8. The Kier molecular flexibility index (Phi) is 3.83. The van der Waals surface area contributed by atoms with Crippen molar-refractivity contribution < 1.29 is 0 Å². The molecule has 0 aliphatic carbocycles. The monoisotopic (exact) mass is 366 g/mol. The Morgan fingerprint density at radius 3 is 1.85 bits per heavy atom. The zero-order valence-corrected chi connectivity index (χ0v) is 13.3. The van der Waals surface area contributed by atoms with Gasteiger partial charge in [-0.3, -0.25) is 0 Å². The van der Waals surface area contributed by atoms with Crippen LogP contribution in [0.1, 0.15) is 0 Å². The fourth-order valence-corrected chi connectivity index (χ4v) is 2.61. The molecule has 1 heterocycles. The number of nitrogens with zero attached hydrogens (tertiary/aromatic N) is 1. The summed E-state index contributed by atoms with van der Waals surface area (Å²) in [5.74, 6) is 0. The molecular weight excluding hydrogens is 359 g/mol. The predicted molar refractivity (Wildman–Crippen MR) is 87.2 cm³/mol. The van der Waals surface area contributed by atoms with Gasteiger partial charge in [-0.2, -0.15) is 0 Å². The highest BCUT2D eigenvalue weighted by atomic mass is 79.9. The first-order chi connectivity index (χ1) is 9.63. The van der Waals surface area contributed by atoms with Gasteiger partial charge in [0.05, 0.1) is 11.4 Å². The van der Waals surface area contributed by atoms with Crippen molar-refractivity contribution in [2.45, 2.75) is 0 Å². The highest BCUT2D eigenvalue weighted by Crippen LogP contribution is 2.32. The molecule has 0 saturated heterocycles. The summed E-state index contributed by atoms with van der Waals surface area (Å²) >= 11 is 15.2. The molecule has 0 fully saturated rings. The first kappa shape index (κ1) is 13.7. The Hall–Kier alpha value is -1.29. The number of halogens is 3. The molecule has 20 heavy (non-hydrogen) atoms. The summed E-state index contributed by atoms with van der Waals surface area (Å²) in [6.45, 7) is 0. The second-order valence-electron chi connectivity index (χ2n) is 4.27. The fraction of sp³-hybridized carbons (Fsp3) is 0. The lowest BCUT2D eigenvalue weighted by atomic mass is 10.1. The van der Waals surface area contributed by atoms with Gasteiger partial charge in [0.25, 0.3) is 0 Å². The van der Waals surface area contributed by atoms with Gasteiger partial charge in [0.15, 0.2) is 4.73 Å². The van der Waals surface area contributed by atoms with E-state index >= 15 is 0 Å². The molecule has 2 nitrogen and oxygen atoms in total. The van der Waals surface area contributed by atoms with Crippen LogP contribution < -0.4 is 0 Å². The summed E-state index contributed by atoms with van der Waals surface area (Å²) in [6, 6.07) is 15.2. The molecule has 0 aliphatic rings. The van der Waals surface area contributed by atoms with Crippen molar-refractivity contribution in [2.75, 3.05) is 0 Å². The number of hydrogen-bond donors (Lipinski definition) is 1. The number of H-pyrrole nitrogens is 1. The van der Waals surface area contributed by atoms with E-state index in [1.54, 1.807) is 0 Å². The van der Waals surface area contributed by atoms with Crippen LogP contribution in [0.15, 0.2) is 53.3 Å². The molecular formula is C15H9BrCl2N2. The van der Waals surface area contributed by atoms with Crippen molar-refractivity contribution in [3.8, 4) is 22.5 Å². The Morgan fingerprint density at radius 1 is 0.800 bits per heavy atom. The third-order valence-electron chi connectivity index (χ3n) is 2.93. The maximum absolute atomic E-state index is 5.93. The molecule has 0 bridgehead atoms. The Labute approximate surface area is 134 Å². The van der Waals surface area contributed by atoms with Crippen LogP contribution in [0.25, 0.3) is 22.5 Å². The van der Waals surface area contributed by atoms with E-state index in [4.69, 9.17) is 23.2 Å². The van der Waals surface area contributed by atoms with E-state index in [2.05, 4.69) is 25.9 Å². The maximum atomic E-state index is 5.93. The van der Waals surface area contributed by atoms with Gasteiger partial charge in [0, 0.05) is 21.2 Å². The van der Waals surface area contributed by atoms with Crippen molar-refractivity contribution in [1.29, 1.82) is 0 Å². The molecule has 100 valence electrons. The average Bonchev–Trinajstić information content (AvgIpc) is 2.82. The zero-order valence-electron chi connectivity index (χ0n) is 10.2. The second-order valence-corrected chi connectivity index (χ2v) is 5.89. The Balaban J connectivity index is 2.12. The van der Waals surface area contributed by atoms with E-state index in [0.29, 0.717) is 14.8 Å². The summed E-state index contributed by atoms with van der Waals surface area (Å²) in [6.07, 6.45) is 0. The van der Waals surface area contributed by atoms with Gasteiger partial charge in [-0.05, 0) is 40.2 Å². The summed E-state index contributed by atoms with van der Waals surface area (Å²) in [7, 11) is 0. The number of nitrogens with one attached hydrogen (secondary N) is 1. The molecule has 0 atom stereocenters. The van der Waals surface area contributed by atoms with Gasteiger partial charge < -0.3 is 4.98 Å². The number of aromatic amines is 1. The van der Waals surface area contributed by atoms with Crippen LogP contribution in [-0.2, 0) is 0 Å². The van der Waals surface area contributed by atoms with Crippen LogP contribution in [0.5, 0.6) is 0 Å². The number of aromatic nitrogens is 2. The molecule has 0 spiro atoms. The third-order valence-corrected chi connectivity index (χ3v) is 3.80. The zero-order chi connectivity index (χ0) is 14.1. The van der Waals surface area contributed by atoms with E-state index in [-0.39, 0.29) is 0 Å². The molecule has 0 saturated carbocycles. The summed E-state index contributed by atoms with van der Waals surface area (Å²) < 4.78 is 0.687. The van der Waals surface area contributed by atoms with Crippen LogP contribution in [0.3, 0.4) is 0 Å². The standard InChI is InChI=1S/C15H9BrCl2N2/c16-15-19-13(9-1-5-11(17)6-2-9)14(20-15)10-3-7-12(18)8-4-10/h1-8H,(H,19,20). The highest BCUT2D eigenvalue weighted by molar-refractivity contribution is 9.10. The van der Waals surface area contributed by atoms with Gasteiger partial charge in [-0.1, -0.05) is 47.5 Å². The van der Waals surface area contributed by atoms with Gasteiger partial charge in [-0.25, -0.2) is 4.98 Å². The molecule has 3 aromatic rings. The minimum atomic E-state index is 0.687. The fourth-order valence-electron chi connectivity index (χ4n) is 1.99. The highest BCUT2D eigenvalue weighted by Gasteiger charge is 2.13. The predicted octanol–water partition coefficient (Wildman–Crippen LogP) is 5.81. The van der Waals surface area contributed by atoms with Crippen LogP contribution >= 0.6 is 39.1 Å². The Morgan fingerprint density at radius 2 is 1.30 bits per heavy atom. The molecule has 5 heteroatoms. The van der Waals surface area contributed by atoms with Crippen LogP contribution in [0.2, 0.25) is 10.0 Å². The largest absolute Gasteiger partial charge is 0.332 e. The minimum absolute atomic E-state index is 0.687. The molecule has 0 radical (unpaired) electrons. The van der Waals surface area contributed by atoms with E-state index in [1.807, 2.05) is 48.5 Å². The number of benzene rings is 2. The second kappa shape index (κ2) is 5.60. The van der Waals surface area contributed by atoms with E-state index < -0.39 is 0 Å². The first-order valence-electron chi connectivity index (χ1n) is 5.91. The van der Waals surface area contributed by atoms with Gasteiger partial charge in [0.2, 0.25) is 0 Å². The number of rotatable bonds is 2. The first-order valence-corrected chi connectivity index (χ1v) is 7.46. The number of hydrogen-bond acceptors (Lipinski definition) is 1. The van der Waals surface area contributed by atoms with Gasteiger partial charge in [-0.15, -0.1) is 0 Å². The average molecular weight is 368 g/mol. The third kappa shape index (κ3) is 2.75. The Bertz CT molecular complexity index is 671. The molecule has 3 rings (SSSR count). The van der Waals surface area contributed by atoms with E-state index in [9.17, 15) is 0 Å². The molecule has 2 aromatic carbocycles. The van der Waals surface area contributed by atoms with E-state index in [0.717, 1.165) is 22.5 Å². The van der Waals surface area contributed by atoms with Crippen LogP contribution in [0, 0.1) is 0 Å². The molecule has 0 unspecified atom stereocenters.